The highest BCUT2D eigenvalue weighted by Crippen LogP contribution is 2.33. The Labute approximate surface area is 123 Å². The minimum atomic E-state index is -3.23. The fourth-order valence-corrected chi connectivity index (χ4v) is 3.79. The molecule has 1 amide bonds. The summed E-state index contributed by atoms with van der Waals surface area (Å²) >= 11 is 6.74. The second-order valence-corrected chi connectivity index (χ2v) is 8.36. The minimum absolute atomic E-state index is 0.0321. The Morgan fingerprint density at radius 3 is 2.50 bits per heavy atom. The summed E-state index contributed by atoms with van der Waals surface area (Å²) in [5, 5.41) is 0. The van der Waals surface area contributed by atoms with E-state index in [2.05, 4.69) is 31.9 Å². The third-order valence-corrected chi connectivity index (χ3v) is 5.07. The van der Waals surface area contributed by atoms with E-state index < -0.39 is 9.84 Å². The lowest BCUT2D eigenvalue weighted by atomic mass is 10.3. The van der Waals surface area contributed by atoms with Gasteiger partial charge in [0, 0.05) is 28.5 Å². The molecule has 0 spiro atoms. The molecule has 0 aliphatic carbocycles. The van der Waals surface area contributed by atoms with Crippen molar-refractivity contribution in [2.45, 2.75) is 16.1 Å². The summed E-state index contributed by atoms with van der Waals surface area (Å²) in [6.07, 6.45) is 1.62. The molecular weight excluding hydrogens is 386 g/mol. The van der Waals surface area contributed by atoms with Gasteiger partial charge in [0.05, 0.1) is 10.6 Å². The largest absolute Gasteiger partial charge is 0.310 e. The fraction of sp³-hybridized carbons (Fsp3) is 0.364. The lowest BCUT2D eigenvalue weighted by Crippen LogP contribution is -2.25. The molecule has 1 aromatic carbocycles. The van der Waals surface area contributed by atoms with Crippen LogP contribution in [0, 0.1) is 0 Å². The fourth-order valence-electron chi connectivity index (χ4n) is 1.83. The zero-order valence-electron chi connectivity index (χ0n) is 9.56. The predicted octanol–water partition coefficient (Wildman–Crippen LogP) is 2.35. The molecule has 0 bridgehead atoms. The van der Waals surface area contributed by atoms with Gasteiger partial charge in [-0.1, -0.05) is 15.9 Å². The van der Waals surface area contributed by atoms with E-state index in [9.17, 15) is 13.2 Å². The van der Waals surface area contributed by atoms with Crippen molar-refractivity contribution in [1.29, 1.82) is 0 Å². The second-order valence-electron chi connectivity index (χ2n) is 4.19. The zero-order chi connectivity index (χ0) is 13.5. The second kappa shape index (κ2) is 4.94. The van der Waals surface area contributed by atoms with Gasteiger partial charge in [-0.2, -0.15) is 0 Å². The van der Waals surface area contributed by atoms with E-state index in [1.165, 1.54) is 12.1 Å². The lowest BCUT2D eigenvalue weighted by molar-refractivity contribution is -0.117. The van der Waals surface area contributed by atoms with Crippen LogP contribution in [0.5, 0.6) is 0 Å². The van der Waals surface area contributed by atoms with Crippen LogP contribution in [0.2, 0.25) is 0 Å². The number of sulfone groups is 1. The maximum absolute atomic E-state index is 11.8. The van der Waals surface area contributed by atoms with Crippen LogP contribution in [0.4, 0.5) is 5.69 Å². The Kier molecular flexibility index (Phi) is 3.85. The molecule has 98 valence electrons. The summed E-state index contributed by atoms with van der Waals surface area (Å²) in [5.74, 6) is 0.0321. The molecule has 0 saturated carbocycles. The smallest absolute Gasteiger partial charge is 0.228 e. The summed E-state index contributed by atoms with van der Waals surface area (Å²) in [5.41, 5.74) is 0.703. The highest BCUT2D eigenvalue weighted by atomic mass is 79.9. The molecule has 1 aliphatic heterocycles. The van der Waals surface area contributed by atoms with Gasteiger partial charge in [-0.3, -0.25) is 4.79 Å². The molecule has 7 heteroatoms. The van der Waals surface area contributed by atoms with Crippen molar-refractivity contribution in [3.8, 4) is 0 Å². The Hall–Kier alpha value is -0.400. The van der Waals surface area contributed by atoms with Gasteiger partial charge in [-0.25, -0.2) is 8.42 Å². The normalized spacial score (nSPS) is 20.5. The number of rotatable bonds is 2. The molecule has 1 saturated heterocycles. The number of anilines is 1. The van der Waals surface area contributed by atoms with Gasteiger partial charge in [-0.05, 0) is 34.1 Å². The Morgan fingerprint density at radius 1 is 1.39 bits per heavy atom. The van der Waals surface area contributed by atoms with Crippen molar-refractivity contribution in [1.82, 2.24) is 0 Å². The standard InChI is InChI=1S/C11H11Br2NO3S/c1-18(16,17)8-2-3-10(9(13)5-8)14-6-7(12)4-11(14)15/h2-3,5,7H,4,6H2,1H3. The zero-order valence-corrected chi connectivity index (χ0v) is 13.5. The van der Waals surface area contributed by atoms with Crippen LogP contribution in [0.1, 0.15) is 6.42 Å². The Balaban J connectivity index is 2.40. The Morgan fingerprint density at radius 2 is 2.06 bits per heavy atom. The van der Waals surface area contributed by atoms with Gasteiger partial charge >= 0.3 is 0 Å². The molecule has 0 radical (unpaired) electrons. The third-order valence-electron chi connectivity index (χ3n) is 2.72. The first-order chi connectivity index (χ1) is 8.29. The molecule has 0 aromatic heterocycles. The number of carbonyl (C=O) groups excluding carboxylic acids is 1. The number of hydrogen-bond acceptors (Lipinski definition) is 3. The highest BCUT2D eigenvalue weighted by Gasteiger charge is 2.30. The number of carbonyl (C=O) groups is 1. The topological polar surface area (TPSA) is 54.5 Å². The van der Waals surface area contributed by atoms with Crippen LogP contribution in [-0.4, -0.2) is 32.0 Å². The van der Waals surface area contributed by atoms with Crippen LogP contribution >= 0.6 is 31.9 Å². The first-order valence-electron chi connectivity index (χ1n) is 5.23. The molecule has 2 rings (SSSR count). The molecule has 1 atom stereocenters. The molecule has 1 fully saturated rings. The quantitative estimate of drug-likeness (QED) is 0.721. The number of halogens is 2. The van der Waals surface area contributed by atoms with E-state index in [0.29, 0.717) is 23.1 Å². The summed E-state index contributed by atoms with van der Waals surface area (Å²) < 4.78 is 23.5. The molecule has 4 nitrogen and oxygen atoms in total. The first kappa shape index (κ1) is 14.0. The number of nitrogens with zero attached hydrogens (tertiary/aromatic N) is 1. The van der Waals surface area contributed by atoms with E-state index >= 15 is 0 Å². The van der Waals surface area contributed by atoms with Crippen molar-refractivity contribution in [2.75, 3.05) is 17.7 Å². The highest BCUT2D eigenvalue weighted by molar-refractivity contribution is 9.10. The van der Waals surface area contributed by atoms with Gasteiger partial charge in [-0.15, -0.1) is 0 Å². The van der Waals surface area contributed by atoms with E-state index in [4.69, 9.17) is 0 Å². The maximum atomic E-state index is 11.8. The maximum Gasteiger partial charge on any atom is 0.228 e. The summed E-state index contributed by atoms with van der Waals surface area (Å²) in [4.78, 5) is 13.8. The molecular formula is C11H11Br2NO3S. The third kappa shape index (κ3) is 2.78. The molecule has 1 heterocycles. The summed E-state index contributed by atoms with van der Waals surface area (Å²) in [6.45, 7) is 0.593. The van der Waals surface area contributed by atoms with Crippen LogP contribution in [-0.2, 0) is 14.6 Å². The van der Waals surface area contributed by atoms with Crippen molar-refractivity contribution in [3.63, 3.8) is 0 Å². The SMILES string of the molecule is CS(=O)(=O)c1ccc(N2CC(Br)CC2=O)c(Br)c1. The summed E-state index contributed by atoms with van der Waals surface area (Å²) in [7, 11) is -3.23. The molecule has 0 N–H and O–H groups in total. The number of alkyl halides is 1. The van der Waals surface area contributed by atoms with Gasteiger partial charge in [0.2, 0.25) is 5.91 Å². The average molecular weight is 397 g/mol. The van der Waals surface area contributed by atoms with Crippen molar-refractivity contribution in [2.24, 2.45) is 0 Å². The van der Waals surface area contributed by atoms with Crippen molar-refractivity contribution in [3.05, 3.63) is 22.7 Å². The van der Waals surface area contributed by atoms with Gasteiger partial charge < -0.3 is 4.90 Å². The molecule has 1 aliphatic rings. The van der Waals surface area contributed by atoms with E-state index in [-0.39, 0.29) is 15.6 Å². The van der Waals surface area contributed by atoms with Crippen LogP contribution < -0.4 is 4.90 Å². The monoisotopic (exact) mass is 395 g/mol. The van der Waals surface area contributed by atoms with Gasteiger partial charge in [0.15, 0.2) is 9.84 Å². The average Bonchev–Trinajstić information content (AvgIpc) is 2.56. The molecule has 1 aromatic rings. The molecule has 1 unspecified atom stereocenters. The first-order valence-corrected chi connectivity index (χ1v) is 8.83. The van der Waals surface area contributed by atoms with E-state index in [1.54, 1.807) is 11.0 Å². The Bertz CT molecular complexity index is 600. The predicted molar refractivity (Wildman–Crippen MR) is 76.9 cm³/mol. The van der Waals surface area contributed by atoms with Crippen LogP contribution in [0.3, 0.4) is 0 Å². The van der Waals surface area contributed by atoms with Crippen LogP contribution in [0.25, 0.3) is 0 Å². The number of amides is 1. The van der Waals surface area contributed by atoms with Crippen molar-refractivity contribution < 1.29 is 13.2 Å². The van der Waals surface area contributed by atoms with E-state index in [0.717, 1.165) is 6.26 Å². The number of benzene rings is 1. The minimum Gasteiger partial charge on any atom is -0.310 e. The van der Waals surface area contributed by atoms with Gasteiger partial charge in [0.1, 0.15) is 0 Å². The summed E-state index contributed by atoms with van der Waals surface area (Å²) in [6, 6.07) is 4.70. The van der Waals surface area contributed by atoms with Crippen molar-refractivity contribution >= 4 is 53.3 Å². The molecule has 18 heavy (non-hydrogen) atoms. The van der Waals surface area contributed by atoms with Gasteiger partial charge in [0.25, 0.3) is 0 Å². The van der Waals surface area contributed by atoms with Crippen LogP contribution in [0.15, 0.2) is 27.6 Å². The van der Waals surface area contributed by atoms with E-state index in [1.807, 2.05) is 0 Å². The number of hydrogen-bond donors (Lipinski definition) is 0. The lowest BCUT2D eigenvalue weighted by Gasteiger charge is -2.18.